The summed E-state index contributed by atoms with van der Waals surface area (Å²) in [6, 6.07) is 70.0. The maximum absolute atomic E-state index is 14.5. The summed E-state index contributed by atoms with van der Waals surface area (Å²) in [5, 5.41) is 4.24. The minimum absolute atomic E-state index is 0.602. The second-order valence-electron chi connectivity index (χ2n) is 18.8. The Balaban J connectivity index is 1.47. The molecule has 0 saturated carbocycles. The van der Waals surface area contributed by atoms with Crippen LogP contribution in [0.3, 0.4) is 0 Å². The van der Waals surface area contributed by atoms with Gasteiger partial charge in [0, 0.05) is 11.1 Å². The molecule has 0 atom stereocenters. The molecular formula is C68H50ClF3O3. The highest BCUT2D eigenvalue weighted by Crippen LogP contribution is 2.57. The van der Waals surface area contributed by atoms with Crippen LogP contribution in [0.15, 0.2) is 212 Å². The number of hydrogen-bond acceptors (Lipinski definition) is 3. The summed E-state index contributed by atoms with van der Waals surface area (Å²) in [7, 11) is 4.96. The molecule has 0 N–H and O–H groups in total. The van der Waals surface area contributed by atoms with Gasteiger partial charge in [0.05, 0.1) is 26.9 Å². The van der Waals surface area contributed by atoms with Gasteiger partial charge in [0.2, 0.25) is 0 Å². The number of halogens is 4. The Labute approximate surface area is 440 Å². The molecule has 11 aromatic carbocycles. The highest BCUT2D eigenvalue weighted by atomic mass is 35.5. The lowest BCUT2D eigenvalue weighted by Gasteiger charge is -2.28. The summed E-state index contributed by atoms with van der Waals surface area (Å²) >= 11 is 6.74. The van der Waals surface area contributed by atoms with Crippen LogP contribution < -0.4 is 14.2 Å². The molecule has 368 valence electrons. The van der Waals surface area contributed by atoms with Crippen molar-refractivity contribution in [1.29, 1.82) is 0 Å². The SMILES string of the molecule is COc1ccc(-c2c(-c3ccccc3)c(-c3ccc(C(F)(F)F)cc3)c3cc4c(-c5cccc(C)c5)c(-c5cc(OC)cc(OC)c5)c(-c5ccc(C)cc5)c(-c5ccc(Cl)cc5)c4cc3c2-c2ccccc2)cc1. The summed E-state index contributed by atoms with van der Waals surface area (Å²) in [6.07, 6.45) is -4.54. The average Bonchev–Trinajstić information content (AvgIpc) is 3.44. The number of alkyl halides is 3. The topological polar surface area (TPSA) is 27.7 Å². The van der Waals surface area contributed by atoms with E-state index in [0.29, 0.717) is 27.8 Å². The van der Waals surface area contributed by atoms with E-state index in [2.05, 4.69) is 135 Å². The first kappa shape index (κ1) is 48.7. The lowest BCUT2D eigenvalue weighted by Crippen LogP contribution is -2.04. The molecule has 0 bridgehead atoms. The molecule has 0 saturated heterocycles. The number of ether oxygens (including phenoxy) is 3. The zero-order valence-electron chi connectivity index (χ0n) is 41.9. The normalized spacial score (nSPS) is 11.5. The molecule has 11 rings (SSSR count). The monoisotopic (exact) mass is 1010 g/mol. The Bertz CT molecular complexity index is 3890. The van der Waals surface area contributed by atoms with Gasteiger partial charge in [-0.15, -0.1) is 0 Å². The zero-order chi connectivity index (χ0) is 52.0. The summed E-state index contributed by atoms with van der Waals surface area (Å²) in [5.41, 5.74) is 16.0. The summed E-state index contributed by atoms with van der Waals surface area (Å²) in [4.78, 5) is 0. The third kappa shape index (κ3) is 9.17. The standard InChI is InChI=1S/C68H50ClF3O3/c1-41-19-21-47(22-20-41)66-62(46-25-31-52(69)32-26-46)58-39-56-57(40-59(58)63(49-18-12-13-42(2)35-49)67(66)50-36-54(74-4)38-55(37-50)75-5)61(45-23-29-51(30-24-45)68(70,71)72)64(44-16-10-7-11-17-44)65(48-27-33-53(73-3)34-28-48)60(56)43-14-8-6-9-15-43/h6-40H,1-5H3. The Morgan fingerprint density at radius 2 is 0.680 bits per heavy atom. The molecule has 0 aliphatic rings. The van der Waals surface area contributed by atoms with E-state index in [1.165, 1.54) is 12.1 Å². The Kier molecular flexibility index (Phi) is 13.0. The largest absolute Gasteiger partial charge is 0.497 e. The first-order valence-corrected chi connectivity index (χ1v) is 25.0. The number of fused-ring (bicyclic) bond motifs is 2. The maximum Gasteiger partial charge on any atom is 0.416 e. The summed E-state index contributed by atoms with van der Waals surface area (Å²) in [6.45, 7) is 4.19. The van der Waals surface area contributed by atoms with Gasteiger partial charge < -0.3 is 14.2 Å². The van der Waals surface area contributed by atoms with Crippen molar-refractivity contribution in [1.82, 2.24) is 0 Å². The quantitative estimate of drug-likeness (QED) is 0.121. The van der Waals surface area contributed by atoms with Crippen molar-refractivity contribution in [2.24, 2.45) is 0 Å². The first-order chi connectivity index (χ1) is 36.4. The van der Waals surface area contributed by atoms with Crippen LogP contribution in [0.5, 0.6) is 17.2 Å². The van der Waals surface area contributed by atoms with Crippen molar-refractivity contribution < 1.29 is 27.4 Å². The van der Waals surface area contributed by atoms with Gasteiger partial charge in [-0.3, -0.25) is 0 Å². The minimum Gasteiger partial charge on any atom is -0.497 e. The maximum atomic E-state index is 14.5. The van der Waals surface area contributed by atoms with Crippen molar-refractivity contribution >= 4 is 33.1 Å². The molecule has 0 fully saturated rings. The van der Waals surface area contributed by atoms with E-state index in [9.17, 15) is 13.2 Å². The lowest BCUT2D eigenvalue weighted by atomic mass is 9.75. The van der Waals surface area contributed by atoms with Gasteiger partial charge in [0.15, 0.2) is 0 Å². The van der Waals surface area contributed by atoms with Crippen molar-refractivity contribution in [2.75, 3.05) is 21.3 Å². The number of benzene rings is 11. The molecule has 0 aliphatic heterocycles. The summed E-state index contributed by atoms with van der Waals surface area (Å²) in [5.74, 6) is 1.94. The summed E-state index contributed by atoms with van der Waals surface area (Å²) < 4.78 is 61.3. The van der Waals surface area contributed by atoms with Crippen molar-refractivity contribution in [3.63, 3.8) is 0 Å². The predicted octanol–water partition coefficient (Wildman–Crippen LogP) is 19.6. The second kappa shape index (κ2) is 20.0. The lowest BCUT2D eigenvalue weighted by molar-refractivity contribution is -0.137. The van der Waals surface area contributed by atoms with Crippen LogP contribution in [-0.4, -0.2) is 21.3 Å². The highest BCUT2D eigenvalue weighted by molar-refractivity contribution is 6.31. The van der Waals surface area contributed by atoms with E-state index in [-0.39, 0.29) is 0 Å². The Morgan fingerprint density at radius 3 is 1.13 bits per heavy atom. The van der Waals surface area contributed by atoms with Crippen LogP contribution in [0.4, 0.5) is 13.2 Å². The first-order valence-electron chi connectivity index (χ1n) is 24.7. The highest BCUT2D eigenvalue weighted by Gasteiger charge is 2.32. The Hall–Kier alpha value is -8.58. The van der Waals surface area contributed by atoms with E-state index in [4.69, 9.17) is 25.8 Å². The average molecular weight is 1010 g/mol. The van der Waals surface area contributed by atoms with Crippen molar-refractivity contribution in [3.8, 4) is 106 Å². The molecule has 7 heteroatoms. The fourth-order valence-electron chi connectivity index (χ4n) is 10.7. The van der Waals surface area contributed by atoms with Gasteiger partial charge >= 0.3 is 6.18 Å². The van der Waals surface area contributed by atoms with Crippen molar-refractivity contribution in [2.45, 2.75) is 20.0 Å². The van der Waals surface area contributed by atoms with Crippen LogP contribution in [0.25, 0.3) is 111 Å². The van der Waals surface area contributed by atoms with E-state index in [0.717, 1.165) is 116 Å². The van der Waals surface area contributed by atoms with Crippen molar-refractivity contribution in [3.05, 3.63) is 234 Å². The van der Waals surface area contributed by atoms with Crippen LogP contribution in [0.2, 0.25) is 5.02 Å². The molecule has 11 aromatic rings. The van der Waals surface area contributed by atoms with E-state index >= 15 is 0 Å². The van der Waals surface area contributed by atoms with Gasteiger partial charge in [0.1, 0.15) is 17.2 Å². The number of rotatable bonds is 11. The second-order valence-corrected chi connectivity index (χ2v) is 19.3. The molecule has 75 heavy (non-hydrogen) atoms. The molecular weight excluding hydrogens is 957 g/mol. The molecule has 0 amide bonds. The van der Waals surface area contributed by atoms with Gasteiger partial charge in [-0.25, -0.2) is 0 Å². The molecule has 3 nitrogen and oxygen atoms in total. The molecule has 0 aromatic heterocycles. The molecule has 0 radical (unpaired) electrons. The third-order valence-electron chi connectivity index (χ3n) is 14.2. The van der Waals surface area contributed by atoms with E-state index in [1.807, 2.05) is 66.7 Å². The minimum atomic E-state index is -4.54. The third-order valence-corrected chi connectivity index (χ3v) is 14.4. The molecule has 0 unspecified atom stereocenters. The van der Waals surface area contributed by atoms with Crippen LogP contribution in [0.1, 0.15) is 16.7 Å². The Morgan fingerprint density at radius 1 is 0.307 bits per heavy atom. The van der Waals surface area contributed by atoms with E-state index < -0.39 is 11.7 Å². The zero-order valence-corrected chi connectivity index (χ0v) is 42.7. The molecule has 0 aliphatic carbocycles. The smallest absolute Gasteiger partial charge is 0.416 e. The predicted molar refractivity (Wildman–Crippen MR) is 304 cm³/mol. The van der Waals surface area contributed by atoms with Gasteiger partial charge in [-0.2, -0.15) is 13.2 Å². The fraction of sp³-hybridized carbons (Fsp3) is 0.0882. The van der Waals surface area contributed by atoms with Gasteiger partial charge in [0.25, 0.3) is 0 Å². The van der Waals surface area contributed by atoms with Gasteiger partial charge in [-0.05, 0) is 185 Å². The number of aryl methyl sites for hydroxylation is 2. The molecule has 0 heterocycles. The van der Waals surface area contributed by atoms with E-state index in [1.54, 1.807) is 33.5 Å². The van der Waals surface area contributed by atoms with Crippen LogP contribution >= 0.6 is 11.6 Å². The fourth-order valence-corrected chi connectivity index (χ4v) is 10.8. The number of hydrogen-bond donors (Lipinski definition) is 0. The van der Waals surface area contributed by atoms with Crippen LogP contribution in [0, 0.1) is 13.8 Å². The number of methoxy groups -OCH3 is 3. The van der Waals surface area contributed by atoms with Gasteiger partial charge in [-0.1, -0.05) is 168 Å². The van der Waals surface area contributed by atoms with Crippen LogP contribution in [-0.2, 0) is 6.18 Å². The molecule has 0 spiro atoms.